The zero-order valence-electron chi connectivity index (χ0n) is 19.3. The number of urea groups is 1. The maximum Gasteiger partial charge on any atom is 0.333 e. The van der Waals surface area contributed by atoms with E-state index in [0.29, 0.717) is 5.69 Å². The average molecular weight is 462 g/mol. The fraction of sp³-hybridized carbons (Fsp3) is 0.500. The van der Waals surface area contributed by atoms with E-state index in [1.165, 1.54) is 17.8 Å². The molecule has 0 atom stereocenters. The van der Waals surface area contributed by atoms with Crippen LogP contribution in [0.2, 0.25) is 0 Å². The van der Waals surface area contributed by atoms with Crippen molar-refractivity contribution in [2.24, 2.45) is 7.05 Å². The van der Waals surface area contributed by atoms with Gasteiger partial charge in [-0.2, -0.15) is 13.5 Å². The first kappa shape index (κ1) is 23.8. The van der Waals surface area contributed by atoms with Gasteiger partial charge in [-0.3, -0.25) is 9.48 Å². The predicted molar refractivity (Wildman–Crippen MR) is 122 cm³/mol. The van der Waals surface area contributed by atoms with Crippen molar-refractivity contribution in [3.8, 4) is 0 Å². The van der Waals surface area contributed by atoms with Crippen LogP contribution in [0.5, 0.6) is 0 Å². The predicted octanol–water partition coefficient (Wildman–Crippen LogP) is 3.41. The SMILES string of the molecule is CC(C)c1cccc(C(C)C)c1NC(=O)NS(=O)(=O)c1cc(C(=O)N(C)C2CC2)n(C)n1. The van der Waals surface area contributed by atoms with Gasteiger partial charge in [0.1, 0.15) is 5.69 Å². The van der Waals surface area contributed by atoms with Crippen molar-refractivity contribution >= 4 is 27.6 Å². The minimum Gasteiger partial charge on any atom is -0.337 e. The molecular weight excluding hydrogens is 430 g/mol. The van der Waals surface area contributed by atoms with Crippen LogP contribution in [-0.2, 0) is 17.1 Å². The van der Waals surface area contributed by atoms with Crippen molar-refractivity contribution in [3.63, 3.8) is 0 Å². The molecule has 1 aliphatic rings. The fourth-order valence-corrected chi connectivity index (χ4v) is 4.49. The standard InChI is InChI=1S/C22H31N5O4S/c1-13(2)16-8-7-9-17(14(3)4)20(16)23-22(29)25-32(30,31)19-12-18(27(6)24-19)21(28)26(5)15-10-11-15/h7-9,12-15H,10-11H2,1-6H3,(H2,23,25,29). The molecular formula is C22H31N5O4S. The number of hydrogen-bond acceptors (Lipinski definition) is 5. The number of amides is 3. The van der Waals surface area contributed by atoms with Gasteiger partial charge in [0.15, 0.2) is 5.03 Å². The van der Waals surface area contributed by atoms with Crippen LogP contribution in [0.25, 0.3) is 0 Å². The van der Waals surface area contributed by atoms with E-state index >= 15 is 0 Å². The van der Waals surface area contributed by atoms with Gasteiger partial charge in [-0.1, -0.05) is 45.9 Å². The number of hydrogen-bond donors (Lipinski definition) is 2. The van der Waals surface area contributed by atoms with Gasteiger partial charge in [0.05, 0.1) is 0 Å². The Balaban J connectivity index is 1.82. The van der Waals surface area contributed by atoms with Crippen molar-refractivity contribution < 1.29 is 18.0 Å². The summed E-state index contributed by atoms with van der Waals surface area (Å²) in [5, 5.41) is 6.28. The number of rotatable bonds is 7. The number of nitrogens with zero attached hydrogens (tertiary/aromatic N) is 3. The van der Waals surface area contributed by atoms with Crippen molar-refractivity contribution in [1.29, 1.82) is 0 Å². The van der Waals surface area contributed by atoms with Gasteiger partial charge in [0.2, 0.25) is 0 Å². The van der Waals surface area contributed by atoms with Crippen molar-refractivity contribution in [2.75, 3.05) is 12.4 Å². The minimum absolute atomic E-state index is 0.133. The molecule has 3 rings (SSSR count). The summed E-state index contributed by atoms with van der Waals surface area (Å²) in [6.45, 7) is 8.02. The quantitative estimate of drug-likeness (QED) is 0.656. The van der Waals surface area contributed by atoms with Crippen LogP contribution in [0.3, 0.4) is 0 Å². The van der Waals surface area contributed by atoms with Crippen LogP contribution in [0, 0.1) is 0 Å². The van der Waals surface area contributed by atoms with Crippen molar-refractivity contribution in [1.82, 2.24) is 19.4 Å². The van der Waals surface area contributed by atoms with Crippen LogP contribution >= 0.6 is 0 Å². The van der Waals surface area contributed by atoms with E-state index in [1.54, 1.807) is 11.9 Å². The van der Waals surface area contributed by atoms with Gasteiger partial charge in [0.25, 0.3) is 15.9 Å². The normalized spacial score (nSPS) is 14.0. The third kappa shape index (κ3) is 4.95. The lowest BCUT2D eigenvalue weighted by Crippen LogP contribution is -2.35. The molecule has 1 saturated carbocycles. The molecule has 2 N–H and O–H groups in total. The summed E-state index contributed by atoms with van der Waals surface area (Å²) in [5.41, 5.74) is 2.58. The molecule has 1 heterocycles. The number of aromatic nitrogens is 2. The molecule has 1 fully saturated rings. The lowest BCUT2D eigenvalue weighted by atomic mass is 9.93. The molecule has 3 amide bonds. The van der Waals surface area contributed by atoms with E-state index < -0.39 is 16.1 Å². The Morgan fingerprint density at radius 3 is 2.19 bits per heavy atom. The number of carbonyl (C=O) groups is 2. The summed E-state index contributed by atoms with van der Waals surface area (Å²) in [5.74, 6) is -0.0392. The largest absolute Gasteiger partial charge is 0.337 e. The zero-order chi connectivity index (χ0) is 23.8. The van der Waals surface area contributed by atoms with Crippen molar-refractivity contribution in [3.05, 3.63) is 41.1 Å². The van der Waals surface area contributed by atoms with Crippen LogP contribution in [-0.4, -0.2) is 48.1 Å². The molecule has 0 spiro atoms. The summed E-state index contributed by atoms with van der Waals surface area (Å²) >= 11 is 0. The van der Waals surface area contributed by atoms with Crippen LogP contribution in [0.15, 0.2) is 29.3 Å². The Labute approximate surface area is 189 Å². The number of aryl methyl sites for hydroxylation is 1. The van der Waals surface area contributed by atoms with E-state index in [-0.39, 0.29) is 34.5 Å². The molecule has 1 aromatic carbocycles. The Bertz CT molecular complexity index is 1110. The Kier molecular flexibility index (Phi) is 6.64. The maximum atomic E-state index is 12.8. The smallest absolute Gasteiger partial charge is 0.333 e. The second kappa shape index (κ2) is 8.93. The topological polar surface area (TPSA) is 113 Å². The highest BCUT2D eigenvalue weighted by molar-refractivity contribution is 7.90. The van der Waals surface area contributed by atoms with Gasteiger partial charge in [-0.25, -0.2) is 9.52 Å². The number of para-hydroxylation sites is 1. The highest BCUT2D eigenvalue weighted by atomic mass is 32.2. The number of nitrogens with one attached hydrogen (secondary N) is 2. The van der Waals surface area contributed by atoms with E-state index in [1.807, 2.05) is 50.6 Å². The molecule has 32 heavy (non-hydrogen) atoms. The number of sulfonamides is 1. The summed E-state index contributed by atoms with van der Waals surface area (Å²) in [7, 11) is -1.09. The fourth-order valence-electron chi connectivity index (χ4n) is 3.59. The number of anilines is 1. The van der Waals surface area contributed by atoms with Crippen LogP contribution in [0.4, 0.5) is 10.5 Å². The lowest BCUT2D eigenvalue weighted by Gasteiger charge is -2.20. The van der Waals surface area contributed by atoms with Gasteiger partial charge in [-0.15, -0.1) is 0 Å². The molecule has 0 unspecified atom stereocenters. The second-order valence-electron chi connectivity index (χ2n) is 8.82. The maximum absolute atomic E-state index is 12.8. The molecule has 9 nitrogen and oxygen atoms in total. The first-order chi connectivity index (χ1) is 14.9. The zero-order valence-corrected chi connectivity index (χ0v) is 20.2. The average Bonchev–Trinajstić information content (AvgIpc) is 3.47. The van der Waals surface area contributed by atoms with Gasteiger partial charge >= 0.3 is 6.03 Å². The highest BCUT2D eigenvalue weighted by Crippen LogP contribution is 2.32. The Morgan fingerprint density at radius 1 is 1.12 bits per heavy atom. The third-order valence-electron chi connectivity index (χ3n) is 5.61. The summed E-state index contributed by atoms with van der Waals surface area (Å²) in [6, 6.07) is 6.24. The minimum atomic E-state index is -4.28. The van der Waals surface area contributed by atoms with E-state index in [9.17, 15) is 18.0 Å². The summed E-state index contributed by atoms with van der Waals surface area (Å²) in [4.78, 5) is 26.9. The monoisotopic (exact) mass is 461 g/mol. The highest BCUT2D eigenvalue weighted by Gasteiger charge is 2.33. The molecule has 0 radical (unpaired) electrons. The molecule has 2 aromatic rings. The molecule has 1 aliphatic carbocycles. The van der Waals surface area contributed by atoms with Gasteiger partial charge in [0, 0.05) is 31.9 Å². The Morgan fingerprint density at radius 2 is 1.69 bits per heavy atom. The molecule has 0 bridgehead atoms. The van der Waals surface area contributed by atoms with Crippen LogP contribution < -0.4 is 10.0 Å². The molecule has 1 aromatic heterocycles. The summed E-state index contributed by atoms with van der Waals surface area (Å²) < 4.78 is 28.8. The lowest BCUT2D eigenvalue weighted by molar-refractivity contribution is 0.0774. The molecule has 0 saturated heterocycles. The molecule has 0 aliphatic heterocycles. The summed E-state index contributed by atoms with van der Waals surface area (Å²) in [6.07, 6.45) is 1.87. The number of carbonyl (C=O) groups excluding carboxylic acids is 2. The Hall–Kier alpha value is -2.88. The van der Waals surface area contributed by atoms with Gasteiger partial charge < -0.3 is 10.2 Å². The van der Waals surface area contributed by atoms with E-state index in [4.69, 9.17) is 0 Å². The first-order valence-electron chi connectivity index (χ1n) is 10.7. The van der Waals surface area contributed by atoms with E-state index in [0.717, 1.165) is 24.0 Å². The molecule has 10 heteroatoms. The first-order valence-corrected chi connectivity index (χ1v) is 12.2. The third-order valence-corrected chi connectivity index (χ3v) is 6.81. The molecule has 174 valence electrons. The van der Waals surface area contributed by atoms with Crippen LogP contribution in [0.1, 0.15) is 74.0 Å². The van der Waals surface area contributed by atoms with E-state index in [2.05, 4.69) is 10.4 Å². The second-order valence-corrected chi connectivity index (χ2v) is 10.4. The van der Waals surface area contributed by atoms with Crippen molar-refractivity contribution in [2.45, 2.75) is 63.4 Å². The van der Waals surface area contributed by atoms with Gasteiger partial charge in [-0.05, 0) is 35.8 Å². The number of benzene rings is 1.